The third-order valence-corrected chi connectivity index (χ3v) is 3.07. The molecule has 0 fully saturated rings. The first kappa shape index (κ1) is 17.6. The predicted molar refractivity (Wildman–Crippen MR) is 77.4 cm³/mol. The summed E-state index contributed by atoms with van der Waals surface area (Å²) in [7, 11) is 0. The topological polar surface area (TPSA) is 79.1 Å². The number of esters is 1. The maximum atomic E-state index is 11.8. The maximum Gasteiger partial charge on any atom is 0.335 e. The summed E-state index contributed by atoms with van der Waals surface area (Å²) >= 11 is 0. The van der Waals surface area contributed by atoms with Crippen molar-refractivity contribution in [3.63, 3.8) is 0 Å². The Balaban J connectivity index is 2.33. The Morgan fingerprint density at radius 3 is 2.76 bits per heavy atom. The van der Waals surface area contributed by atoms with Crippen LogP contribution in [0.5, 0.6) is 0 Å². The van der Waals surface area contributed by atoms with Gasteiger partial charge in [0.2, 0.25) is 0 Å². The minimum atomic E-state index is -0.566. The van der Waals surface area contributed by atoms with Gasteiger partial charge in [0, 0.05) is 13.2 Å². The molecule has 1 aromatic heterocycles. The first-order chi connectivity index (χ1) is 10.0. The second kappa shape index (κ2) is 9.44. The molecule has 0 aromatic carbocycles. The normalized spacial score (nSPS) is 12.6. The van der Waals surface area contributed by atoms with Gasteiger partial charge in [-0.2, -0.15) is 0 Å². The number of aromatic nitrogens is 4. The molecule has 0 aliphatic carbocycles. The van der Waals surface area contributed by atoms with Gasteiger partial charge in [-0.25, -0.2) is 9.48 Å². The van der Waals surface area contributed by atoms with Crippen molar-refractivity contribution < 1.29 is 14.3 Å². The van der Waals surface area contributed by atoms with E-state index >= 15 is 0 Å². The fourth-order valence-electron chi connectivity index (χ4n) is 1.61. The summed E-state index contributed by atoms with van der Waals surface area (Å²) in [5, 5.41) is 11.4. The fourth-order valence-corrected chi connectivity index (χ4v) is 1.61. The van der Waals surface area contributed by atoms with Crippen LogP contribution >= 0.6 is 0 Å². The number of carbonyl (C=O) groups excluding carboxylic acids is 1. The molecule has 7 heteroatoms. The van der Waals surface area contributed by atoms with E-state index in [9.17, 15) is 4.79 Å². The Morgan fingerprint density at radius 1 is 1.33 bits per heavy atom. The molecule has 0 N–H and O–H groups in total. The van der Waals surface area contributed by atoms with E-state index < -0.39 is 6.10 Å². The molecular formula is C14H26N4O3. The SMILES string of the molecule is CCCCn1nnnc1COC(=O)C(C)OCCC(C)C. The van der Waals surface area contributed by atoms with Crippen molar-refractivity contribution in [2.24, 2.45) is 5.92 Å². The standard InChI is InChI=1S/C14H26N4O3/c1-5-6-8-18-13(15-16-17-18)10-21-14(19)12(4)20-9-7-11(2)3/h11-12H,5-10H2,1-4H3. The maximum absolute atomic E-state index is 11.8. The molecule has 0 aliphatic heterocycles. The van der Waals surface area contributed by atoms with Crippen molar-refractivity contribution in [3.05, 3.63) is 5.82 Å². The number of ether oxygens (including phenoxy) is 2. The molecular weight excluding hydrogens is 272 g/mol. The van der Waals surface area contributed by atoms with Crippen LogP contribution in [-0.4, -0.2) is 38.9 Å². The fraction of sp³-hybridized carbons (Fsp3) is 0.857. The van der Waals surface area contributed by atoms with E-state index in [1.165, 1.54) is 0 Å². The molecule has 0 spiro atoms. The van der Waals surface area contributed by atoms with Crippen LogP contribution in [0.1, 0.15) is 52.8 Å². The van der Waals surface area contributed by atoms with Gasteiger partial charge in [-0.1, -0.05) is 27.2 Å². The number of unbranched alkanes of at least 4 members (excludes halogenated alkanes) is 1. The summed E-state index contributed by atoms with van der Waals surface area (Å²) in [6.07, 6.45) is 2.40. The smallest absolute Gasteiger partial charge is 0.335 e. The zero-order valence-corrected chi connectivity index (χ0v) is 13.4. The van der Waals surface area contributed by atoms with Gasteiger partial charge < -0.3 is 9.47 Å². The Labute approximate surface area is 126 Å². The van der Waals surface area contributed by atoms with Crippen molar-refractivity contribution >= 4 is 5.97 Å². The Morgan fingerprint density at radius 2 is 2.10 bits per heavy atom. The Kier molecular flexibility index (Phi) is 7.89. The molecule has 1 heterocycles. The summed E-state index contributed by atoms with van der Waals surface area (Å²) in [6, 6.07) is 0. The highest BCUT2D eigenvalue weighted by Crippen LogP contribution is 2.04. The van der Waals surface area contributed by atoms with Crippen molar-refractivity contribution in [1.82, 2.24) is 20.2 Å². The molecule has 0 aliphatic rings. The second-order valence-electron chi connectivity index (χ2n) is 5.48. The van der Waals surface area contributed by atoms with Gasteiger partial charge in [0.15, 0.2) is 18.5 Å². The highest BCUT2D eigenvalue weighted by atomic mass is 16.6. The predicted octanol–water partition coefficient (Wildman–Crippen LogP) is 1.97. The number of carbonyl (C=O) groups is 1. The Bertz CT molecular complexity index is 420. The summed E-state index contributed by atoms with van der Waals surface area (Å²) in [4.78, 5) is 11.8. The minimum Gasteiger partial charge on any atom is -0.455 e. The van der Waals surface area contributed by atoms with Gasteiger partial charge in [0.25, 0.3) is 0 Å². The molecule has 21 heavy (non-hydrogen) atoms. The third kappa shape index (κ3) is 6.66. The third-order valence-electron chi connectivity index (χ3n) is 3.07. The van der Waals surface area contributed by atoms with Crippen molar-refractivity contribution in [2.75, 3.05) is 6.61 Å². The van der Waals surface area contributed by atoms with Gasteiger partial charge in [0.1, 0.15) is 0 Å². The number of tetrazole rings is 1. The van der Waals surface area contributed by atoms with Gasteiger partial charge in [-0.15, -0.1) is 5.10 Å². The first-order valence-electron chi connectivity index (χ1n) is 7.57. The quantitative estimate of drug-likeness (QED) is 0.614. The molecule has 0 saturated carbocycles. The lowest BCUT2D eigenvalue weighted by Gasteiger charge is -2.13. The second-order valence-corrected chi connectivity index (χ2v) is 5.48. The summed E-state index contributed by atoms with van der Waals surface area (Å²) in [5.74, 6) is 0.728. The molecule has 1 atom stereocenters. The Hall–Kier alpha value is -1.50. The number of nitrogens with zero attached hydrogens (tertiary/aromatic N) is 4. The lowest BCUT2D eigenvalue weighted by atomic mass is 10.1. The van der Waals surface area contributed by atoms with E-state index in [1.54, 1.807) is 11.6 Å². The minimum absolute atomic E-state index is 0.0768. The van der Waals surface area contributed by atoms with Crippen LogP contribution in [0.15, 0.2) is 0 Å². The van der Waals surface area contributed by atoms with Crippen LogP contribution in [0.4, 0.5) is 0 Å². The lowest BCUT2D eigenvalue weighted by molar-refractivity contribution is -0.157. The largest absolute Gasteiger partial charge is 0.455 e. The van der Waals surface area contributed by atoms with E-state index in [-0.39, 0.29) is 12.6 Å². The van der Waals surface area contributed by atoms with E-state index in [4.69, 9.17) is 9.47 Å². The molecule has 1 unspecified atom stereocenters. The molecule has 0 amide bonds. The highest BCUT2D eigenvalue weighted by molar-refractivity contribution is 5.74. The molecule has 120 valence electrons. The summed E-state index contributed by atoms with van der Waals surface area (Å²) in [5.41, 5.74) is 0. The molecule has 1 rings (SSSR count). The number of hydrogen-bond donors (Lipinski definition) is 0. The first-order valence-corrected chi connectivity index (χ1v) is 7.57. The number of hydrogen-bond acceptors (Lipinski definition) is 6. The van der Waals surface area contributed by atoms with Crippen LogP contribution in [0.3, 0.4) is 0 Å². The van der Waals surface area contributed by atoms with Crippen LogP contribution < -0.4 is 0 Å². The monoisotopic (exact) mass is 298 g/mol. The molecule has 7 nitrogen and oxygen atoms in total. The number of rotatable bonds is 10. The number of aryl methyl sites for hydroxylation is 1. The zero-order valence-electron chi connectivity index (χ0n) is 13.4. The molecule has 0 bridgehead atoms. The van der Waals surface area contributed by atoms with Crippen molar-refractivity contribution in [1.29, 1.82) is 0 Å². The zero-order chi connectivity index (χ0) is 15.7. The van der Waals surface area contributed by atoms with Gasteiger partial charge in [0.05, 0.1) is 0 Å². The van der Waals surface area contributed by atoms with E-state index in [0.29, 0.717) is 18.3 Å². The molecule has 0 radical (unpaired) electrons. The average molecular weight is 298 g/mol. The summed E-state index contributed by atoms with van der Waals surface area (Å²) in [6.45, 7) is 9.39. The summed E-state index contributed by atoms with van der Waals surface area (Å²) < 4.78 is 12.3. The molecule has 1 aromatic rings. The average Bonchev–Trinajstić information content (AvgIpc) is 2.89. The van der Waals surface area contributed by atoms with Crippen LogP contribution in [0.25, 0.3) is 0 Å². The van der Waals surface area contributed by atoms with Gasteiger partial charge in [-0.3, -0.25) is 0 Å². The highest BCUT2D eigenvalue weighted by Gasteiger charge is 2.17. The van der Waals surface area contributed by atoms with E-state index in [2.05, 4.69) is 36.3 Å². The van der Waals surface area contributed by atoms with E-state index in [0.717, 1.165) is 25.8 Å². The van der Waals surface area contributed by atoms with Crippen LogP contribution in [-0.2, 0) is 27.4 Å². The van der Waals surface area contributed by atoms with Gasteiger partial charge >= 0.3 is 5.97 Å². The van der Waals surface area contributed by atoms with Crippen molar-refractivity contribution in [3.8, 4) is 0 Å². The lowest BCUT2D eigenvalue weighted by Crippen LogP contribution is -2.24. The van der Waals surface area contributed by atoms with Crippen molar-refractivity contribution in [2.45, 2.75) is 66.2 Å². The van der Waals surface area contributed by atoms with Crippen LogP contribution in [0.2, 0.25) is 0 Å². The van der Waals surface area contributed by atoms with Crippen LogP contribution in [0, 0.1) is 5.92 Å². The molecule has 0 saturated heterocycles. The van der Waals surface area contributed by atoms with E-state index in [1.807, 2.05) is 0 Å². The van der Waals surface area contributed by atoms with Gasteiger partial charge in [-0.05, 0) is 36.1 Å².